The van der Waals surface area contributed by atoms with Crippen molar-refractivity contribution in [3.63, 3.8) is 0 Å². The lowest BCUT2D eigenvalue weighted by Gasteiger charge is -2.08. The van der Waals surface area contributed by atoms with Gasteiger partial charge in [-0.05, 0) is 30.5 Å². The summed E-state index contributed by atoms with van der Waals surface area (Å²) in [7, 11) is 0. The van der Waals surface area contributed by atoms with E-state index in [0.717, 1.165) is 5.39 Å². The van der Waals surface area contributed by atoms with Crippen molar-refractivity contribution in [1.82, 2.24) is 5.32 Å². The maximum atomic E-state index is 11.9. The van der Waals surface area contributed by atoms with Gasteiger partial charge in [0.25, 0.3) is 5.91 Å². The Hall–Kier alpha value is -1.62. The second-order valence-corrected chi connectivity index (χ2v) is 5.44. The second-order valence-electron chi connectivity index (χ2n) is 4.16. The van der Waals surface area contributed by atoms with E-state index in [1.54, 1.807) is 36.0 Å². The molecule has 0 fully saturated rings. The molecule has 0 aliphatic rings. The van der Waals surface area contributed by atoms with Gasteiger partial charge in [0, 0.05) is 22.9 Å². The fourth-order valence-corrected chi connectivity index (χ4v) is 1.83. The summed E-state index contributed by atoms with van der Waals surface area (Å²) in [6.45, 7) is 2.68. The molecule has 2 rings (SSSR count). The summed E-state index contributed by atoms with van der Waals surface area (Å²) >= 11 is 1.71. The number of hydrogen-bond acceptors (Lipinski definition) is 4. The van der Waals surface area contributed by atoms with Gasteiger partial charge in [0.15, 0.2) is 5.76 Å². The number of nitrogen functional groups attached to an aromatic ring is 1. The Morgan fingerprint density at radius 3 is 3.00 bits per heavy atom. The maximum absolute atomic E-state index is 11.9. The summed E-state index contributed by atoms with van der Waals surface area (Å²) in [6, 6.07) is 7.03. The van der Waals surface area contributed by atoms with Crippen LogP contribution < -0.4 is 11.1 Å². The fraction of sp³-hybridized carbons (Fsp3) is 0.308. The van der Waals surface area contributed by atoms with Crippen LogP contribution in [0.4, 0.5) is 5.69 Å². The lowest BCUT2D eigenvalue weighted by atomic mass is 10.2. The van der Waals surface area contributed by atoms with E-state index in [1.807, 2.05) is 6.26 Å². The minimum absolute atomic E-state index is 0.189. The first-order chi connectivity index (χ1) is 8.60. The highest BCUT2D eigenvalue weighted by molar-refractivity contribution is 7.99. The first-order valence-electron chi connectivity index (χ1n) is 5.70. The molecule has 0 aliphatic carbocycles. The van der Waals surface area contributed by atoms with E-state index in [4.69, 9.17) is 10.2 Å². The van der Waals surface area contributed by atoms with Gasteiger partial charge < -0.3 is 15.5 Å². The summed E-state index contributed by atoms with van der Waals surface area (Å²) in [5.74, 6) is 0.134. The van der Waals surface area contributed by atoms with E-state index in [2.05, 4.69) is 12.2 Å². The molecule has 1 amide bonds. The number of nitrogens with two attached hydrogens (primary N) is 1. The number of benzene rings is 1. The number of nitrogens with one attached hydrogen (secondary N) is 1. The van der Waals surface area contributed by atoms with Crippen molar-refractivity contribution in [2.45, 2.75) is 12.2 Å². The van der Waals surface area contributed by atoms with Crippen LogP contribution in [0.5, 0.6) is 0 Å². The molecule has 1 heterocycles. The Morgan fingerprint density at radius 2 is 2.28 bits per heavy atom. The van der Waals surface area contributed by atoms with Crippen molar-refractivity contribution in [2.75, 3.05) is 18.5 Å². The molecule has 0 aliphatic heterocycles. The number of rotatable bonds is 4. The van der Waals surface area contributed by atoms with Crippen LogP contribution in [0.3, 0.4) is 0 Å². The van der Waals surface area contributed by atoms with Crippen LogP contribution in [0, 0.1) is 0 Å². The summed E-state index contributed by atoms with van der Waals surface area (Å²) < 4.78 is 5.48. The zero-order valence-corrected chi connectivity index (χ0v) is 11.2. The average Bonchev–Trinajstić information content (AvgIpc) is 2.78. The second kappa shape index (κ2) is 5.35. The van der Waals surface area contributed by atoms with Gasteiger partial charge in [0.2, 0.25) is 0 Å². The number of amides is 1. The van der Waals surface area contributed by atoms with Crippen LogP contribution in [0.1, 0.15) is 17.5 Å². The van der Waals surface area contributed by atoms with Crippen LogP contribution >= 0.6 is 11.8 Å². The van der Waals surface area contributed by atoms with Gasteiger partial charge in [0.1, 0.15) is 5.58 Å². The molecule has 0 radical (unpaired) electrons. The van der Waals surface area contributed by atoms with Crippen LogP contribution in [-0.2, 0) is 0 Å². The molecule has 0 spiro atoms. The number of fused-ring (bicyclic) bond motifs is 1. The number of hydrogen-bond donors (Lipinski definition) is 2. The Labute approximate surface area is 110 Å². The van der Waals surface area contributed by atoms with Crippen molar-refractivity contribution in [1.29, 1.82) is 0 Å². The van der Waals surface area contributed by atoms with Crippen molar-refractivity contribution >= 4 is 34.3 Å². The van der Waals surface area contributed by atoms with Gasteiger partial charge in [-0.25, -0.2) is 0 Å². The van der Waals surface area contributed by atoms with Crippen LogP contribution in [0.2, 0.25) is 0 Å². The molecule has 0 saturated carbocycles. The fourth-order valence-electron chi connectivity index (χ4n) is 1.58. The molecular formula is C13H16N2O2S. The van der Waals surface area contributed by atoms with Crippen LogP contribution in [-0.4, -0.2) is 24.0 Å². The quantitative estimate of drug-likeness (QED) is 0.832. The molecule has 18 heavy (non-hydrogen) atoms. The molecule has 3 N–H and O–H groups in total. The van der Waals surface area contributed by atoms with E-state index in [0.29, 0.717) is 28.8 Å². The maximum Gasteiger partial charge on any atom is 0.287 e. The minimum atomic E-state index is -0.189. The standard InChI is InChI=1S/C13H16N2O2S/c1-8(18-2)7-15-13(16)12-6-9-5-10(14)3-4-11(9)17-12/h3-6,8H,7,14H2,1-2H3,(H,15,16). The molecule has 2 aromatic rings. The molecule has 0 saturated heterocycles. The number of furan rings is 1. The third-order valence-corrected chi connectivity index (χ3v) is 3.69. The lowest BCUT2D eigenvalue weighted by Crippen LogP contribution is -2.28. The molecule has 1 atom stereocenters. The van der Waals surface area contributed by atoms with Crippen molar-refractivity contribution in [3.8, 4) is 0 Å². The van der Waals surface area contributed by atoms with E-state index in [1.165, 1.54) is 0 Å². The number of carbonyl (C=O) groups is 1. The first-order valence-corrected chi connectivity index (χ1v) is 6.99. The zero-order valence-electron chi connectivity index (χ0n) is 10.4. The summed E-state index contributed by atoms with van der Waals surface area (Å²) in [5, 5.41) is 4.07. The highest BCUT2D eigenvalue weighted by Crippen LogP contribution is 2.21. The van der Waals surface area contributed by atoms with E-state index >= 15 is 0 Å². The van der Waals surface area contributed by atoms with Gasteiger partial charge in [0.05, 0.1) is 0 Å². The Kier molecular flexibility index (Phi) is 3.81. The monoisotopic (exact) mass is 264 g/mol. The van der Waals surface area contributed by atoms with Crippen molar-refractivity contribution in [3.05, 3.63) is 30.0 Å². The Balaban J connectivity index is 2.13. The molecule has 96 valence electrons. The Bertz CT molecular complexity index is 565. The minimum Gasteiger partial charge on any atom is -0.451 e. The van der Waals surface area contributed by atoms with E-state index < -0.39 is 0 Å². The number of thioether (sulfide) groups is 1. The molecule has 0 bridgehead atoms. The summed E-state index contributed by atoms with van der Waals surface area (Å²) in [6.07, 6.45) is 2.01. The van der Waals surface area contributed by atoms with E-state index in [9.17, 15) is 4.79 Å². The van der Waals surface area contributed by atoms with E-state index in [-0.39, 0.29) is 5.91 Å². The topological polar surface area (TPSA) is 68.3 Å². The van der Waals surface area contributed by atoms with Crippen molar-refractivity contribution in [2.24, 2.45) is 0 Å². The molecule has 5 heteroatoms. The summed E-state index contributed by atoms with van der Waals surface area (Å²) in [4.78, 5) is 11.9. The highest BCUT2D eigenvalue weighted by Gasteiger charge is 2.12. The SMILES string of the molecule is CSC(C)CNC(=O)c1cc2cc(N)ccc2o1. The molecule has 4 nitrogen and oxygen atoms in total. The van der Waals surface area contributed by atoms with Crippen molar-refractivity contribution < 1.29 is 9.21 Å². The average molecular weight is 264 g/mol. The number of carbonyl (C=O) groups excluding carboxylic acids is 1. The van der Waals surface area contributed by atoms with Gasteiger partial charge in [-0.1, -0.05) is 6.92 Å². The first kappa shape index (κ1) is 12.8. The largest absolute Gasteiger partial charge is 0.451 e. The lowest BCUT2D eigenvalue weighted by molar-refractivity contribution is 0.0928. The van der Waals surface area contributed by atoms with Crippen LogP contribution in [0.15, 0.2) is 28.7 Å². The van der Waals surface area contributed by atoms with Gasteiger partial charge in [-0.2, -0.15) is 11.8 Å². The smallest absolute Gasteiger partial charge is 0.287 e. The molecule has 1 unspecified atom stereocenters. The third kappa shape index (κ3) is 2.79. The normalized spacial score (nSPS) is 12.6. The molecule has 1 aromatic carbocycles. The predicted molar refractivity (Wildman–Crippen MR) is 75.9 cm³/mol. The number of anilines is 1. The van der Waals surface area contributed by atoms with Gasteiger partial charge in [-0.15, -0.1) is 0 Å². The van der Waals surface area contributed by atoms with Crippen LogP contribution in [0.25, 0.3) is 11.0 Å². The van der Waals surface area contributed by atoms with Gasteiger partial charge >= 0.3 is 0 Å². The Morgan fingerprint density at radius 1 is 1.50 bits per heavy atom. The molecular weight excluding hydrogens is 248 g/mol. The highest BCUT2D eigenvalue weighted by atomic mass is 32.2. The predicted octanol–water partition coefficient (Wildman–Crippen LogP) is 2.50. The molecule has 1 aromatic heterocycles. The summed E-state index contributed by atoms with van der Waals surface area (Å²) in [5.41, 5.74) is 7.01. The van der Waals surface area contributed by atoms with Gasteiger partial charge in [-0.3, -0.25) is 4.79 Å². The third-order valence-electron chi connectivity index (χ3n) is 2.72. The zero-order chi connectivity index (χ0) is 13.1.